The van der Waals surface area contributed by atoms with Gasteiger partial charge in [-0.2, -0.15) is 12.6 Å². The highest BCUT2D eigenvalue weighted by Crippen LogP contribution is 2.13. The van der Waals surface area contributed by atoms with E-state index in [9.17, 15) is 9.59 Å². The number of thiol groups is 1. The minimum absolute atomic E-state index is 0.0829. The number of ketones is 1. The summed E-state index contributed by atoms with van der Waals surface area (Å²) in [5, 5.41) is 0. The second-order valence-electron chi connectivity index (χ2n) is 3.60. The van der Waals surface area contributed by atoms with E-state index in [2.05, 4.69) is 12.6 Å². The molecule has 0 fully saturated rings. The number of rotatable bonds is 7. The van der Waals surface area contributed by atoms with Crippen LogP contribution >= 0.6 is 12.6 Å². The zero-order chi connectivity index (χ0) is 13.4. The van der Waals surface area contributed by atoms with Crippen molar-refractivity contribution in [3.05, 3.63) is 29.8 Å². The first kappa shape index (κ1) is 14.6. The number of methoxy groups -OCH3 is 1. The molecule has 0 N–H and O–H groups in total. The van der Waals surface area contributed by atoms with Gasteiger partial charge in [-0.3, -0.25) is 9.59 Å². The van der Waals surface area contributed by atoms with Gasteiger partial charge in [-0.15, -0.1) is 0 Å². The van der Waals surface area contributed by atoms with E-state index in [1.54, 1.807) is 31.4 Å². The lowest BCUT2D eigenvalue weighted by atomic mass is 10.1. The third-order valence-electron chi connectivity index (χ3n) is 2.32. The van der Waals surface area contributed by atoms with E-state index < -0.39 is 0 Å². The quantitative estimate of drug-likeness (QED) is 0.467. The zero-order valence-electron chi connectivity index (χ0n) is 10.2. The van der Waals surface area contributed by atoms with Gasteiger partial charge in [0, 0.05) is 17.7 Å². The van der Waals surface area contributed by atoms with Crippen molar-refractivity contribution in [3.63, 3.8) is 0 Å². The zero-order valence-corrected chi connectivity index (χ0v) is 11.1. The fraction of sp³-hybridized carbons (Fsp3) is 0.385. The van der Waals surface area contributed by atoms with Crippen molar-refractivity contribution in [2.45, 2.75) is 12.8 Å². The first-order valence-electron chi connectivity index (χ1n) is 5.61. The Bertz CT molecular complexity index is 400. The lowest BCUT2D eigenvalue weighted by molar-refractivity contribution is -0.142. The van der Waals surface area contributed by atoms with Crippen LogP contribution in [0.5, 0.6) is 5.75 Å². The number of Topliss-reactive ketones (excluding diaryl/α,β-unsaturated/α-hetero) is 1. The summed E-state index contributed by atoms with van der Waals surface area (Å²) in [6, 6.07) is 6.79. The van der Waals surface area contributed by atoms with Crippen molar-refractivity contribution in [3.8, 4) is 5.75 Å². The molecular weight excluding hydrogens is 252 g/mol. The Kier molecular flexibility index (Phi) is 6.28. The van der Waals surface area contributed by atoms with Crippen LogP contribution in [-0.2, 0) is 9.53 Å². The maximum atomic E-state index is 11.8. The van der Waals surface area contributed by atoms with Crippen molar-refractivity contribution in [2.75, 3.05) is 19.5 Å². The van der Waals surface area contributed by atoms with Crippen LogP contribution < -0.4 is 4.74 Å². The smallest absolute Gasteiger partial charge is 0.306 e. The van der Waals surface area contributed by atoms with Gasteiger partial charge in [0.1, 0.15) is 12.4 Å². The summed E-state index contributed by atoms with van der Waals surface area (Å²) >= 11 is 3.92. The van der Waals surface area contributed by atoms with Crippen LogP contribution in [0, 0.1) is 0 Å². The summed E-state index contributed by atoms with van der Waals surface area (Å²) in [5.74, 6) is 0.726. The van der Waals surface area contributed by atoms with Crippen LogP contribution in [0.3, 0.4) is 0 Å². The molecule has 0 aliphatic carbocycles. The summed E-state index contributed by atoms with van der Waals surface area (Å²) in [6.07, 6.45) is 0.246. The summed E-state index contributed by atoms with van der Waals surface area (Å²) < 4.78 is 9.83. The van der Waals surface area contributed by atoms with Gasteiger partial charge >= 0.3 is 5.97 Å². The predicted molar refractivity (Wildman–Crippen MR) is 71.4 cm³/mol. The maximum Gasteiger partial charge on any atom is 0.306 e. The molecule has 0 amide bonds. The second-order valence-corrected chi connectivity index (χ2v) is 4.04. The minimum atomic E-state index is -0.370. The fourth-order valence-electron chi connectivity index (χ4n) is 1.37. The molecule has 0 aliphatic rings. The van der Waals surface area contributed by atoms with Crippen LogP contribution in [0.1, 0.15) is 23.2 Å². The highest BCUT2D eigenvalue weighted by molar-refractivity contribution is 7.80. The topological polar surface area (TPSA) is 52.6 Å². The Labute approximate surface area is 112 Å². The Morgan fingerprint density at radius 1 is 1.17 bits per heavy atom. The number of hydrogen-bond acceptors (Lipinski definition) is 5. The van der Waals surface area contributed by atoms with E-state index in [4.69, 9.17) is 9.47 Å². The van der Waals surface area contributed by atoms with Gasteiger partial charge in [0.2, 0.25) is 0 Å². The molecule has 1 aromatic rings. The average molecular weight is 268 g/mol. The lowest BCUT2D eigenvalue weighted by Crippen LogP contribution is -2.09. The van der Waals surface area contributed by atoms with Crippen LogP contribution in [0.25, 0.3) is 0 Å². The highest BCUT2D eigenvalue weighted by Gasteiger charge is 2.10. The summed E-state index contributed by atoms with van der Waals surface area (Å²) in [5.41, 5.74) is 0.567. The number of ether oxygens (including phenoxy) is 2. The van der Waals surface area contributed by atoms with E-state index in [-0.39, 0.29) is 31.2 Å². The van der Waals surface area contributed by atoms with Gasteiger partial charge in [-0.25, -0.2) is 0 Å². The monoisotopic (exact) mass is 268 g/mol. The van der Waals surface area contributed by atoms with Crippen LogP contribution in [-0.4, -0.2) is 31.2 Å². The molecule has 18 heavy (non-hydrogen) atoms. The minimum Gasteiger partial charge on any atom is -0.497 e. The van der Waals surface area contributed by atoms with Crippen molar-refractivity contribution in [1.82, 2.24) is 0 Å². The van der Waals surface area contributed by atoms with Gasteiger partial charge in [0.05, 0.1) is 13.5 Å². The Morgan fingerprint density at radius 3 is 2.39 bits per heavy atom. The average Bonchev–Trinajstić information content (AvgIpc) is 2.42. The normalized spacial score (nSPS) is 9.89. The van der Waals surface area contributed by atoms with Crippen LogP contribution in [0.4, 0.5) is 0 Å². The van der Waals surface area contributed by atoms with Gasteiger partial charge in [-0.1, -0.05) is 0 Å². The lowest BCUT2D eigenvalue weighted by Gasteiger charge is -2.04. The van der Waals surface area contributed by atoms with Crippen molar-refractivity contribution in [2.24, 2.45) is 0 Å². The number of hydrogen-bond donors (Lipinski definition) is 1. The molecule has 0 unspecified atom stereocenters. The first-order valence-corrected chi connectivity index (χ1v) is 6.24. The van der Waals surface area contributed by atoms with E-state index in [1.165, 1.54) is 0 Å². The molecule has 0 heterocycles. The standard InChI is InChI=1S/C13H16O4S/c1-16-11-4-2-10(3-5-11)12(14)6-7-13(15)17-8-9-18/h2-5,18H,6-9H2,1H3. The molecule has 0 atom stereocenters. The van der Waals surface area contributed by atoms with Crippen LogP contribution in [0.15, 0.2) is 24.3 Å². The number of benzene rings is 1. The molecule has 0 saturated carbocycles. The van der Waals surface area contributed by atoms with E-state index in [1.807, 2.05) is 0 Å². The summed E-state index contributed by atoms with van der Waals surface area (Å²) in [7, 11) is 1.56. The molecule has 4 nitrogen and oxygen atoms in total. The van der Waals surface area contributed by atoms with E-state index >= 15 is 0 Å². The Morgan fingerprint density at radius 2 is 1.83 bits per heavy atom. The van der Waals surface area contributed by atoms with E-state index in [0.717, 1.165) is 0 Å². The second kappa shape index (κ2) is 7.76. The molecule has 98 valence electrons. The molecule has 1 aromatic carbocycles. The van der Waals surface area contributed by atoms with Crippen molar-refractivity contribution in [1.29, 1.82) is 0 Å². The number of esters is 1. The van der Waals surface area contributed by atoms with E-state index in [0.29, 0.717) is 17.1 Å². The SMILES string of the molecule is COc1ccc(C(=O)CCC(=O)OCCS)cc1. The first-order chi connectivity index (χ1) is 8.67. The fourth-order valence-corrected chi connectivity index (χ4v) is 1.46. The van der Waals surface area contributed by atoms with Crippen molar-refractivity contribution >= 4 is 24.4 Å². The largest absolute Gasteiger partial charge is 0.497 e. The van der Waals surface area contributed by atoms with Crippen molar-refractivity contribution < 1.29 is 19.1 Å². The van der Waals surface area contributed by atoms with Gasteiger partial charge in [0.15, 0.2) is 5.78 Å². The molecule has 0 aromatic heterocycles. The third kappa shape index (κ3) is 4.79. The number of carbonyl (C=O) groups excluding carboxylic acids is 2. The van der Waals surface area contributed by atoms with Crippen LogP contribution in [0.2, 0.25) is 0 Å². The molecular formula is C13H16O4S. The summed E-state index contributed by atoms with van der Waals surface area (Å²) in [6.45, 7) is 0.276. The molecule has 0 aliphatic heterocycles. The van der Waals surface area contributed by atoms with Gasteiger partial charge in [0.25, 0.3) is 0 Å². The molecule has 5 heteroatoms. The Hall–Kier alpha value is -1.49. The molecule has 0 bridgehead atoms. The number of carbonyl (C=O) groups is 2. The maximum absolute atomic E-state index is 11.8. The molecule has 0 spiro atoms. The van der Waals surface area contributed by atoms with Gasteiger partial charge in [-0.05, 0) is 24.3 Å². The third-order valence-corrected chi connectivity index (χ3v) is 2.51. The Balaban J connectivity index is 2.42. The molecule has 1 rings (SSSR count). The predicted octanol–water partition coefficient (Wildman–Crippen LogP) is 2.13. The van der Waals surface area contributed by atoms with Gasteiger partial charge < -0.3 is 9.47 Å². The molecule has 0 radical (unpaired) electrons. The molecule has 0 saturated heterocycles. The summed E-state index contributed by atoms with van der Waals surface area (Å²) in [4.78, 5) is 23.0. The highest BCUT2D eigenvalue weighted by atomic mass is 32.1.